The van der Waals surface area contributed by atoms with Crippen LogP contribution in [0.2, 0.25) is 0 Å². The van der Waals surface area contributed by atoms with E-state index in [1.807, 2.05) is 37.3 Å². The van der Waals surface area contributed by atoms with Crippen molar-refractivity contribution in [1.29, 1.82) is 0 Å². The van der Waals surface area contributed by atoms with Gasteiger partial charge in [-0.15, -0.1) is 0 Å². The van der Waals surface area contributed by atoms with Gasteiger partial charge in [0.05, 0.1) is 21.3 Å². The number of carbonyl (C=O) groups is 3. The number of hydrogen-bond acceptors (Lipinski definition) is 7. The van der Waals surface area contributed by atoms with E-state index in [4.69, 9.17) is 18.9 Å². The SMILES string of the molecule is COC(=O)OC1Cc2c(cc(OC)c3ccccc23)[C@H]2C(C(=O)OC)C(=O)CC[C@@]12C. The Morgan fingerprint density at radius 2 is 1.77 bits per heavy atom. The van der Waals surface area contributed by atoms with Crippen molar-refractivity contribution in [2.45, 2.75) is 38.2 Å². The molecule has 0 radical (unpaired) electrons. The number of hydrogen-bond donors (Lipinski definition) is 0. The van der Waals surface area contributed by atoms with Crippen molar-refractivity contribution < 1.29 is 33.3 Å². The van der Waals surface area contributed by atoms with E-state index in [0.29, 0.717) is 18.6 Å². The molecule has 2 unspecified atom stereocenters. The molecule has 2 aromatic carbocycles. The van der Waals surface area contributed by atoms with Crippen LogP contribution >= 0.6 is 0 Å². The lowest BCUT2D eigenvalue weighted by Gasteiger charge is -2.51. The van der Waals surface area contributed by atoms with Crippen molar-refractivity contribution in [1.82, 2.24) is 0 Å². The van der Waals surface area contributed by atoms with Gasteiger partial charge in [-0.25, -0.2) is 4.79 Å². The van der Waals surface area contributed by atoms with E-state index < -0.39 is 35.5 Å². The number of benzene rings is 2. The first-order valence-corrected chi connectivity index (χ1v) is 10.3. The Bertz CT molecular complexity index is 1050. The number of fused-ring (bicyclic) bond motifs is 5. The highest BCUT2D eigenvalue weighted by molar-refractivity contribution is 6.02. The van der Waals surface area contributed by atoms with Crippen LogP contribution in [0.1, 0.15) is 36.8 Å². The van der Waals surface area contributed by atoms with Crippen LogP contribution in [-0.2, 0) is 30.2 Å². The van der Waals surface area contributed by atoms with Crippen molar-refractivity contribution in [3.63, 3.8) is 0 Å². The zero-order valence-corrected chi connectivity index (χ0v) is 18.1. The molecule has 31 heavy (non-hydrogen) atoms. The van der Waals surface area contributed by atoms with E-state index in [1.165, 1.54) is 14.2 Å². The average Bonchev–Trinajstić information content (AvgIpc) is 2.79. The molecule has 1 fully saturated rings. The Labute approximate surface area is 180 Å². The standard InChI is InChI=1S/C24H26O7/c1-24-10-9-17(25)20(22(26)29-3)21(24)16-11-18(28-2)14-8-6-5-7-13(14)15(16)12-19(24)31-23(27)30-4/h5-8,11,19-21H,9-10,12H2,1-4H3/t19?,20?,21-,24-/m0/s1. The number of ketones is 1. The van der Waals surface area contributed by atoms with Gasteiger partial charge in [0.15, 0.2) is 0 Å². The van der Waals surface area contributed by atoms with Crippen molar-refractivity contribution in [2.24, 2.45) is 11.3 Å². The fourth-order valence-electron chi connectivity index (χ4n) is 5.42. The quantitative estimate of drug-likeness (QED) is 0.545. The van der Waals surface area contributed by atoms with Gasteiger partial charge in [-0.1, -0.05) is 31.2 Å². The molecule has 0 amide bonds. The molecule has 164 valence electrons. The molecular weight excluding hydrogens is 400 g/mol. The zero-order valence-electron chi connectivity index (χ0n) is 18.1. The fourth-order valence-corrected chi connectivity index (χ4v) is 5.42. The van der Waals surface area contributed by atoms with Crippen LogP contribution in [-0.4, -0.2) is 45.3 Å². The Kier molecular flexibility index (Phi) is 5.37. The maximum atomic E-state index is 12.9. The first-order chi connectivity index (χ1) is 14.8. The highest BCUT2D eigenvalue weighted by atomic mass is 16.7. The molecule has 7 nitrogen and oxygen atoms in total. The van der Waals surface area contributed by atoms with Gasteiger partial charge in [-0.3, -0.25) is 9.59 Å². The topological polar surface area (TPSA) is 88.1 Å². The van der Waals surface area contributed by atoms with Crippen LogP contribution in [0.4, 0.5) is 4.79 Å². The fraction of sp³-hybridized carbons (Fsp3) is 0.458. The monoisotopic (exact) mass is 426 g/mol. The van der Waals surface area contributed by atoms with Gasteiger partial charge in [0.25, 0.3) is 0 Å². The second kappa shape index (κ2) is 7.87. The number of esters is 1. The summed E-state index contributed by atoms with van der Waals surface area (Å²) in [7, 11) is 4.15. The molecule has 0 aliphatic heterocycles. The van der Waals surface area contributed by atoms with Crippen molar-refractivity contribution in [3.05, 3.63) is 41.5 Å². The van der Waals surface area contributed by atoms with Gasteiger partial charge in [-0.2, -0.15) is 0 Å². The molecule has 2 aliphatic carbocycles. The summed E-state index contributed by atoms with van der Waals surface area (Å²) >= 11 is 0. The molecule has 0 saturated heterocycles. The number of rotatable bonds is 3. The zero-order chi connectivity index (χ0) is 22.3. The Morgan fingerprint density at radius 3 is 2.42 bits per heavy atom. The van der Waals surface area contributed by atoms with E-state index in [1.54, 1.807) is 7.11 Å². The van der Waals surface area contributed by atoms with Gasteiger partial charge in [0.1, 0.15) is 23.6 Å². The summed E-state index contributed by atoms with van der Waals surface area (Å²) in [5, 5.41) is 1.86. The molecule has 0 aromatic heterocycles. The largest absolute Gasteiger partial charge is 0.508 e. The minimum atomic E-state index is -0.975. The third-order valence-corrected chi connectivity index (χ3v) is 6.99. The summed E-state index contributed by atoms with van der Waals surface area (Å²) in [6, 6.07) is 9.71. The van der Waals surface area contributed by atoms with Crippen LogP contribution in [0, 0.1) is 11.3 Å². The number of carbonyl (C=O) groups excluding carboxylic acids is 3. The molecule has 2 aliphatic rings. The molecule has 4 atom stereocenters. The molecule has 4 rings (SSSR count). The Morgan fingerprint density at radius 1 is 1.06 bits per heavy atom. The third-order valence-electron chi connectivity index (χ3n) is 6.99. The minimum absolute atomic E-state index is 0.161. The Balaban J connectivity index is 2.00. The maximum absolute atomic E-state index is 12.9. The van der Waals surface area contributed by atoms with Gasteiger partial charge >= 0.3 is 12.1 Å². The maximum Gasteiger partial charge on any atom is 0.508 e. The van der Waals surface area contributed by atoms with Gasteiger partial charge < -0.3 is 18.9 Å². The molecule has 0 spiro atoms. The van der Waals surface area contributed by atoms with Crippen LogP contribution < -0.4 is 4.74 Å². The predicted molar refractivity (Wildman–Crippen MR) is 112 cm³/mol. The van der Waals surface area contributed by atoms with Crippen LogP contribution in [0.3, 0.4) is 0 Å². The molecule has 7 heteroatoms. The summed E-state index contributed by atoms with van der Waals surface area (Å²) in [6.07, 6.45) is -0.190. The third kappa shape index (κ3) is 3.23. The van der Waals surface area contributed by atoms with Crippen LogP contribution in [0.15, 0.2) is 30.3 Å². The summed E-state index contributed by atoms with van der Waals surface area (Å²) < 4.78 is 21.2. The van der Waals surface area contributed by atoms with E-state index in [-0.39, 0.29) is 12.2 Å². The lowest BCUT2D eigenvalue weighted by Crippen LogP contribution is -2.54. The second-order valence-electron chi connectivity index (χ2n) is 8.41. The average molecular weight is 426 g/mol. The lowest BCUT2D eigenvalue weighted by molar-refractivity contribution is -0.158. The van der Waals surface area contributed by atoms with Crippen LogP contribution in [0.5, 0.6) is 5.75 Å². The summed E-state index contributed by atoms with van der Waals surface area (Å²) in [5.74, 6) is -1.55. The van der Waals surface area contributed by atoms with E-state index in [9.17, 15) is 14.4 Å². The van der Waals surface area contributed by atoms with E-state index in [2.05, 4.69) is 0 Å². The first-order valence-electron chi connectivity index (χ1n) is 10.3. The molecule has 0 N–H and O–H groups in total. The highest BCUT2D eigenvalue weighted by Gasteiger charge is 2.58. The summed E-state index contributed by atoms with van der Waals surface area (Å²) in [5.41, 5.74) is 1.16. The number of methoxy groups -OCH3 is 3. The van der Waals surface area contributed by atoms with Crippen LogP contribution in [0.25, 0.3) is 10.8 Å². The molecule has 0 bridgehead atoms. The number of Topliss-reactive ketones (excluding diaryl/α,β-unsaturated/α-hetero) is 1. The smallest absolute Gasteiger partial charge is 0.496 e. The van der Waals surface area contributed by atoms with Crippen molar-refractivity contribution >= 4 is 28.7 Å². The van der Waals surface area contributed by atoms with E-state index >= 15 is 0 Å². The molecular formula is C24H26O7. The summed E-state index contributed by atoms with van der Waals surface area (Å²) in [4.78, 5) is 37.8. The first kappa shape index (κ1) is 21.2. The second-order valence-corrected chi connectivity index (χ2v) is 8.41. The van der Waals surface area contributed by atoms with Crippen molar-refractivity contribution in [2.75, 3.05) is 21.3 Å². The van der Waals surface area contributed by atoms with Gasteiger partial charge in [0, 0.05) is 29.6 Å². The Hall–Kier alpha value is -3.09. The van der Waals surface area contributed by atoms with Gasteiger partial charge in [0.2, 0.25) is 0 Å². The van der Waals surface area contributed by atoms with E-state index in [0.717, 1.165) is 21.9 Å². The predicted octanol–water partition coefficient (Wildman–Crippen LogP) is 3.80. The normalized spacial score (nSPS) is 27.1. The minimum Gasteiger partial charge on any atom is -0.496 e. The molecule has 0 heterocycles. The summed E-state index contributed by atoms with van der Waals surface area (Å²) in [6.45, 7) is 1.97. The van der Waals surface area contributed by atoms with Gasteiger partial charge in [-0.05, 0) is 29.0 Å². The molecule has 1 saturated carbocycles. The number of ether oxygens (including phenoxy) is 4. The lowest BCUT2D eigenvalue weighted by atomic mass is 9.53. The molecule has 2 aromatic rings. The van der Waals surface area contributed by atoms with Crippen molar-refractivity contribution in [3.8, 4) is 5.75 Å². The highest BCUT2D eigenvalue weighted by Crippen LogP contribution is 2.58.